The molecule has 4 nitrogen and oxygen atoms in total. The molecule has 2 aromatic heterocycles. The Labute approximate surface area is 132 Å². The lowest BCUT2D eigenvalue weighted by molar-refractivity contribution is 0.732. The minimum Gasteiger partial charge on any atom is -0.321 e. The van der Waals surface area contributed by atoms with Crippen molar-refractivity contribution in [3.8, 4) is 0 Å². The molecule has 0 unspecified atom stereocenters. The van der Waals surface area contributed by atoms with Crippen LogP contribution in [-0.2, 0) is 13.0 Å². The predicted molar refractivity (Wildman–Crippen MR) is 85.0 cm³/mol. The van der Waals surface area contributed by atoms with Gasteiger partial charge in [-0.15, -0.1) is 11.6 Å². The van der Waals surface area contributed by atoms with E-state index in [9.17, 15) is 0 Å². The smallest absolute Gasteiger partial charge is 0.111 e. The first-order chi connectivity index (χ1) is 10.2. The maximum atomic E-state index is 6.34. The normalized spacial score (nSPS) is 11.2. The summed E-state index contributed by atoms with van der Waals surface area (Å²) in [7, 11) is 0. The molecule has 108 valence electrons. The summed E-state index contributed by atoms with van der Waals surface area (Å²) < 4.78 is 2.07. The Morgan fingerprint density at radius 2 is 2.05 bits per heavy atom. The fraction of sp³-hybridized carbons (Fsp3) is 0.267. The molecule has 0 saturated heterocycles. The molecule has 3 rings (SSSR count). The molecule has 0 spiro atoms. The Kier molecular flexibility index (Phi) is 4.08. The zero-order valence-electron chi connectivity index (χ0n) is 11.6. The highest BCUT2D eigenvalue weighted by atomic mass is 35.5. The fourth-order valence-electron chi connectivity index (χ4n) is 2.30. The predicted octanol–water partition coefficient (Wildman–Crippen LogP) is 3.62. The summed E-state index contributed by atoms with van der Waals surface area (Å²) >= 11 is 12.2. The summed E-state index contributed by atoms with van der Waals surface area (Å²) in [4.78, 5) is 13.3. The van der Waals surface area contributed by atoms with Crippen LogP contribution in [0.15, 0.2) is 30.6 Å². The van der Waals surface area contributed by atoms with Gasteiger partial charge in [-0.3, -0.25) is 9.97 Å². The maximum absolute atomic E-state index is 6.34. The van der Waals surface area contributed by atoms with Crippen molar-refractivity contribution in [2.24, 2.45) is 0 Å². The summed E-state index contributed by atoms with van der Waals surface area (Å²) in [6.45, 7) is 2.50. The standard InChI is InChI=1S/C15H14Cl2N4/c1-10-7-19-11(8-18-10)9-21-14(5-6-16)20-13-4-2-3-12(17)15(13)21/h2-4,7-8H,5-6,9H2,1H3. The third-order valence-corrected chi connectivity index (χ3v) is 3.76. The molecule has 2 heterocycles. The molecule has 21 heavy (non-hydrogen) atoms. The average molecular weight is 321 g/mol. The van der Waals surface area contributed by atoms with Crippen LogP contribution in [0.5, 0.6) is 0 Å². The average Bonchev–Trinajstić information content (AvgIpc) is 2.81. The first kappa shape index (κ1) is 14.3. The van der Waals surface area contributed by atoms with Crippen LogP contribution in [-0.4, -0.2) is 25.4 Å². The Bertz CT molecular complexity index is 765. The largest absolute Gasteiger partial charge is 0.321 e. The Hall–Kier alpha value is -1.65. The van der Waals surface area contributed by atoms with Gasteiger partial charge in [-0.25, -0.2) is 4.98 Å². The van der Waals surface area contributed by atoms with Gasteiger partial charge in [0, 0.05) is 18.5 Å². The minimum absolute atomic E-state index is 0.514. The molecule has 6 heteroatoms. The highest BCUT2D eigenvalue weighted by molar-refractivity contribution is 6.35. The van der Waals surface area contributed by atoms with Gasteiger partial charge in [-0.05, 0) is 19.1 Å². The van der Waals surface area contributed by atoms with Crippen LogP contribution in [0, 0.1) is 6.92 Å². The van der Waals surface area contributed by atoms with E-state index in [1.807, 2.05) is 25.1 Å². The van der Waals surface area contributed by atoms with Gasteiger partial charge in [-0.2, -0.15) is 0 Å². The molecule has 0 fully saturated rings. The maximum Gasteiger partial charge on any atom is 0.111 e. The van der Waals surface area contributed by atoms with Crippen LogP contribution >= 0.6 is 23.2 Å². The molecule has 0 N–H and O–H groups in total. The molecule has 0 bridgehead atoms. The van der Waals surface area contributed by atoms with Crippen LogP contribution in [0.25, 0.3) is 11.0 Å². The zero-order valence-corrected chi connectivity index (χ0v) is 13.1. The van der Waals surface area contributed by atoms with Crippen molar-refractivity contribution in [3.63, 3.8) is 0 Å². The second-order valence-corrected chi connectivity index (χ2v) is 5.60. The van der Waals surface area contributed by atoms with E-state index in [1.165, 1.54) is 0 Å². The van der Waals surface area contributed by atoms with Crippen LogP contribution in [0.1, 0.15) is 17.2 Å². The van der Waals surface area contributed by atoms with E-state index in [4.69, 9.17) is 23.2 Å². The summed E-state index contributed by atoms with van der Waals surface area (Å²) in [6, 6.07) is 5.72. The van der Waals surface area contributed by atoms with Gasteiger partial charge in [0.2, 0.25) is 0 Å². The third-order valence-electron chi connectivity index (χ3n) is 3.27. The highest BCUT2D eigenvalue weighted by Gasteiger charge is 2.13. The number of alkyl halides is 1. The van der Waals surface area contributed by atoms with E-state index in [1.54, 1.807) is 12.4 Å². The first-order valence-corrected chi connectivity index (χ1v) is 7.57. The number of rotatable bonds is 4. The van der Waals surface area contributed by atoms with Gasteiger partial charge in [0.15, 0.2) is 0 Å². The van der Waals surface area contributed by atoms with Crippen LogP contribution in [0.2, 0.25) is 5.02 Å². The lowest BCUT2D eigenvalue weighted by atomic mass is 10.3. The molecule has 0 atom stereocenters. The minimum atomic E-state index is 0.514. The van der Waals surface area contributed by atoms with Crippen LogP contribution in [0.4, 0.5) is 0 Å². The summed E-state index contributed by atoms with van der Waals surface area (Å²) in [5.74, 6) is 1.43. The number of nitrogens with zero attached hydrogens (tertiary/aromatic N) is 4. The van der Waals surface area contributed by atoms with Crippen molar-refractivity contribution in [2.75, 3.05) is 5.88 Å². The van der Waals surface area contributed by atoms with Crippen molar-refractivity contribution in [1.82, 2.24) is 19.5 Å². The molecule has 0 aliphatic rings. The number of halogens is 2. The van der Waals surface area contributed by atoms with Crippen molar-refractivity contribution >= 4 is 34.2 Å². The summed E-state index contributed by atoms with van der Waals surface area (Å²) in [5, 5.41) is 0.681. The number of aromatic nitrogens is 4. The second kappa shape index (κ2) is 6.00. The second-order valence-electron chi connectivity index (χ2n) is 4.81. The van der Waals surface area contributed by atoms with Gasteiger partial charge < -0.3 is 4.57 Å². The Morgan fingerprint density at radius 1 is 1.19 bits per heavy atom. The lowest BCUT2D eigenvalue weighted by Gasteiger charge is -2.09. The van der Waals surface area contributed by atoms with Gasteiger partial charge in [0.05, 0.1) is 40.2 Å². The molecule has 0 radical (unpaired) electrons. The number of para-hydroxylation sites is 1. The summed E-state index contributed by atoms with van der Waals surface area (Å²) in [5.41, 5.74) is 3.56. The first-order valence-electron chi connectivity index (χ1n) is 6.66. The van der Waals surface area contributed by atoms with E-state index in [-0.39, 0.29) is 0 Å². The zero-order chi connectivity index (χ0) is 14.8. The van der Waals surface area contributed by atoms with Gasteiger partial charge in [0.1, 0.15) is 5.82 Å². The Morgan fingerprint density at radius 3 is 2.76 bits per heavy atom. The number of fused-ring (bicyclic) bond motifs is 1. The number of hydrogen-bond acceptors (Lipinski definition) is 3. The van der Waals surface area contributed by atoms with Gasteiger partial charge in [0.25, 0.3) is 0 Å². The van der Waals surface area contributed by atoms with Crippen LogP contribution < -0.4 is 0 Å². The van der Waals surface area contributed by atoms with Crippen molar-refractivity contribution in [2.45, 2.75) is 19.9 Å². The van der Waals surface area contributed by atoms with Gasteiger partial charge >= 0.3 is 0 Å². The fourth-order valence-corrected chi connectivity index (χ4v) is 2.74. The molecule has 3 aromatic rings. The quantitative estimate of drug-likeness (QED) is 0.689. The molecule has 1 aromatic carbocycles. The highest BCUT2D eigenvalue weighted by Crippen LogP contribution is 2.25. The third kappa shape index (κ3) is 2.87. The Balaban J connectivity index is 2.10. The van der Waals surface area contributed by atoms with Crippen LogP contribution in [0.3, 0.4) is 0 Å². The van der Waals surface area contributed by atoms with Crippen molar-refractivity contribution in [1.29, 1.82) is 0 Å². The van der Waals surface area contributed by atoms with Crippen molar-refractivity contribution < 1.29 is 0 Å². The summed E-state index contributed by atoms with van der Waals surface area (Å²) in [6.07, 6.45) is 4.23. The topological polar surface area (TPSA) is 43.6 Å². The lowest BCUT2D eigenvalue weighted by Crippen LogP contribution is -2.08. The molecule has 0 amide bonds. The van der Waals surface area contributed by atoms with Crippen molar-refractivity contribution in [3.05, 3.63) is 52.8 Å². The monoisotopic (exact) mass is 320 g/mol. The number of benzene rings is 1. The van der Waals surface area contributed by atoms with E-state index in [0.717, 1.165) is 28.2 Å². The molecule has 0 aliphatic heterocycles. The number of hydrogen-bond donors (Lipinski definition) is 0. The molecule has 0 saturated carbocycles. The number of aryl methyl sites for hydroxylation is 2. The molecular weight excluding hydrogens is 307 g/mol. The van der Waals surface area contributed by atoms with E-state index >= 15 is 0 Å². The van der Waals surface area contributed by atoms with E-state index in [2.05, 4.69) is 19.5 Å². The number of imidazole rings is 1. The molecule has 0 aliphatic carbocycles. The van der Waals surface area contributed by atoms with Gasteiger partial charge in [-0.1, -0.05) is 17.7 Å². The van der Waals surface area contributed by atoms with E-state index < -0.39 is 0 Å². The molecular formula is C15H14Cl2N4. The van der Waals surface area contributed by atoms with E-state index in [0.29, 0.717) is 23.9 Å². The SMILES string of the molecule is Cc1cnc(Cn2c(CCCl)nc3cccc(Cl)c32)cn1.